The van der Waals surface area contributed by atoms with Gasteiger partial charge in [0.05, 0.1) is 12.7 Å². The summed E-state index contributed by atoms with van der Waals surface area (Å²) in [4.78, 5) is 11.3. The summed E-state index contributed by atoms with van der Waals surface area (Å²) in [5.41, 5.74) is -0.548. The summed E-state index contributed by atoms with van der Waals surface area (Å²) in [5.74, 6) is -5.10. The van der Waals surface area contributed by atoms with Crippen LogP contribution >= 0.6 is 0 Å². The number of halogens is 3. The van der Waals surface area contributed by atoms with Crippen molar-refractivity contribution in [2.75, 3.05) is 7.11 Å². The van der Waals surface area contributed by atoms with Crippen molar-refractivity contribution in [1.82, 2.24) is 0 Å². The summed E-state index contributed by atoms with van der Waals surface area (Å²) < 4.78 is 51.3. The zero-order valence-corrected chi connectivity index (χ0v) is 12.1. The van der Waals surface area contributed by atoms with Gasteiger partial charge < -0.3 is 9.47 Å². The molecule has 21 heavy (non-hydrogen) atoms. The predicted molar refractivity (Wildman–Crippen MR) is 72.8 cm³/mol. The molecule has 3 nitrogen and oxygen atoms in total. The number of rotatable bonds is 6. The van der Waals surface area contributed by atoms with Crippen molar-refractivity contribution in [1.29, 1.82) is 0 Å². The first kappa shape index (κ1) is 17.1. The minimum absolute atomic E-state index is 0.0591. The van der Waals surface area contributed by atoms with E-state index in [4.69, 9.17) is 4.74 Å². The van der Waals surface area contributed by atoms with Crippen LogP contribution in [0.3, 0.4) is 0 Å². The second kappa shape index (κ2) is 6.65. The molecular formula is C15H17F3O3. The van der Waals surface area contributed by atoms with Gasteiger partial charge in [0.2, 0.25) is 0 Å². The largest absolute Gasteiger partial charge is 0.478 e. The molecule has 0 radical (unpaired) electrons. The summed E-state index contributed by atoms with van der Waals surface area (Å²) >= 11 is 0. The van der Waals surface area contributed by atoms with Crippen LogP contribution < -0.4 is 4.74 Å². The number of esters is 1. The Bertz CT molecular complexity index is 541. The number of ether oxygens (including phenoxy) is 2. The van der Waals surface area contributed by atoms with Crippen LogP contribution in [0.25, 0.3) is 6.08 Å². The van der Waals surface area contributed by atoms with E-state index in [0.717, 1.165) is 25.3 Å². The topological polar surface area (TPSA) is 35.5 Å². The Kier molecular flexibility index (Phi) is 5.41. The van der Waals surface area contributed by atoms with Gasteiger partial charge in [-0.2, -0.15) is 0 Å². The van der Waals surface area contributed by atoms with Gasteiger partial charge in [0.25, 0.3) is 5.92 Å². The third-order valence-electron chi connectivity index (χ3n) is 2.99. The molecule has 0 aliphatic heterocycles. The van der Waals surface area contributed by atoms with Gasteiger partial charge >= 0.3 is 5.97 Å². The summed E-state index contributed by atoms with van der Waals surface area (Å²) in [6.07, 6.45) is -0.480. The van der Waals surface area contributed by atoms with Crippen LogP contribution in [0.2, 0.25) is 0 Å². The van der Waals surface area contributed by atoms with Gasteiger partial charge in [0.15, 0.2) is 6.10 Å². The average molecular weight is 302 g/mol. The molecule has 0 heterocycles. The molecule has 1 aromatic carbocycles. The van der Waals surface area contributed by atoms with E-state index < -0.39 is 35.8 Å². The van der Waals surface area contributed by atoms with Crippen LogP contribution in [0.15, 0.2) is 18.7 Å². The Morgan fingerprint density at radius 2 is 2.10 bits per heavy atom. The summed E-state index contributed by atoms with van der Waals surface area (Å²) in [7, 11) is 1.14. The van der Waals surface area contributed by atoms with Gasteiger partial charge in [-0.15, -0.1) is 0 Å². The molecule has 1 aromatic rings. The molecule has 116 valence electrons. The first-order valence-corrected chi connectivity index (χ1v) is 6.35. The van der Waals surface area contributed by atoms with E-state index in [9.17, 15) is 18.0 Å². The third kappa shape index (κ3) is 3.77. The number of carbonyl (C=O) groups is 1. The van der Waals surface area contributed by atoms with Gasteiger partial charge in [-0.25, -0.2) is 18.0 Å². The number of hydrogen-bond acceptors (Lipinski definition) is 3. The molecule has 0 fully saturated rings. The Labute approximate surface area is 121 Å². The lowest BCUT2D eigenvalue weighted by molar-refractivity contribution is -0.148. The predicted octanol–water partition coefficient (Wildman–Crippen LogP) is 3.91. The van der Waals surface area contributed by atoms with Crippen molar-refractivity contribution >= 4 is 12.0 Å². The quantitative estimate of drug-likeness (QED) is 0.747. The molecule has 0 N–H and O–H groups in total. The molecule has 0 amide bonds. The van der Waals surface area contributed by atoms with Crippen LogP contribution in [0.4, 0.5) is 13.2 Å². The zero-order valence-electron chi connectivity index (χ0n) is 12.1. The average Bonchev–Trinajstić information content (AvgIpc) is 2.46. The summed E-state index contributed by atoms with van der Waals surface area (Å²) in [6.45, 7) is 6.00. The van der Waals surface area contributed by atoms with E-state index in [-0.39, 0.29) is 11.3 Å². The Morgan fingerprint density at radius 3 is 2.57 bits per heavy atom. The Morgan fingerprint density at radius 1 is 1.48 bits per heavy atom. The monoisotopic (exact) mass is 302 g/mol. The Hall–Kier alpha value is -1.98. The molecule has 0 saturated carbocycles. The van der Waals surface area contributed by atoms with Crippen molar-refractivity contribution in [3.63, 3.8) is 0 Å². The van der Waals surface area contributed by atoms with E-state index in [1.54, 1.807) is 0 Å². The lowest BCUT2D eigenvalue weighted by Gasteiger charge is -2.21. The van der Waals surface area contributed by atoms with Crippen LogP contribution in [-0.2, 0) is 15.5 Å². The molecule has 1 atom stereocenters. The number of carbonyl (C=O) groups excluding carboxylic acids is 1. The van der Waals surface area contributed by atoms with Gasteiger partial charge in [-0.3, -0.25) is 0 Å². The molecular weight excluding hydrogens is 285 g/mol. The first-order chi connectivity index (χ1) is 9.76. The van der Waals surface area contributed by atoms with Crippen LogP contribution in [-0.4, -0.2) is 19.2 Å². The molecule has 0 aliphatic rings. The van der Waals surface area contributed by atoms with Gasteiger partial charge in [-0.1, -0.05) is 19.6 Å². The molecule has 6 heteroatoms. The smallest absolute Gasteiger partial charge is 0.346 e. The second-order valence-electron chi connectivity index (χ2n) is 4.42. The number of hydrogen-bond donors (Lipinski definition) is 0. The molecule has 0 saturated heterocycles. The molecule has 0 spiro atoms. The standard InChI is InChI=1S/C15H17F3O3/c1-5-10-7-11(15(17,18)6-2)13(8-12(10)16)21-9(3)14(19)20-4/h5,7-9H,1,6H2,2-4H3/t9-/m0/s1. The number of benzene rings is 1. The third-order valence-corrected chi connectivity index (χ3v) is 2.99. The molecule has 0 bridgehead atoms. The van der Waals surface area contributed by atoms with E-state index >= 15 is 0 Å². The van der Waals surface area contributed by atoms with E-state index in [1.807, 2.05) is 0 Å². The lowest BCUT2D eigenvalue weighted by Crippen LogP contribution is -2.26. The molecule has 0 aromatic heterocycles. The zero-order chi connectivity index (χ0) is 16.2. The first-order valence-electron chi connectivity index (χ1n) is 6.35. The van der Waals surface area contributed by atoms with Crippen molar-refractivity contribution in [2.24, 2.45) is 0 Å². The number of methoxy groups -OCH3 is 1. The van der Waals surface area contributed by atoms with Crippen LogP contribution in [0.5, 0.6) is 5.75 Å². The van der Waals surface area contributed by atoms with Crippen molar-refractivity contribution < 1.29 is 27.4 Å². The summed E-state index contributed by atoms with van der Waals surface area (Å²) in [5, 5.41) is 0. The maximum absolute atomic E-state index is 14.0. The van der Waals surface area contributed by atoms with Crippen LogP contribution in [0, 0.1) is 5.82 Å². The maximum atomic E-state index is 14.0. The highest BCUT2D eigenvalue weighted by Crippen LogP contribution is 2.39. The van der Waals surface area contributed by atoms with Crippen molar-refractivity contribution in [3.8, 4) is 5.75 Å². The molecule has 0 aliphatic carbocycles. The normalized spacial score (nSPS) is 12.7. The minimum Gasteiger partial charge on any atom is -0.478 e. The van der Waals surface area contributed by atoms with E-state index in [0.29, 0.717) is 0 Å². The van der Waals surface area contributed by atoms with E-state index in [1.165, 1.54) is 13.8 Å². The molecule has 0 unspecified atom stereocenters. The fourth-order valence-electron chi connectivity index (χ4n) is 1.71. The highest BCUT2D eigenvalue weighted by molar-refractivity contribution is 5.74. The summed E-state index contributed by atoms with van der Waals surface area (Å²) in [6, 6.07) is 1.81. The maximum Gasteiger partial charge on any atom is 0.346 e. The second-order valence-corrected chi connectivity index (χ2v) is 4.42. The minimum atomic E-state index is -3.21. The van der Waals surface area contributed by atoms with Gasteiger partial charge in [0.1, 0.15) is 11.6 Å². The van der Waals surface area contributed by atoms with Gasteiger partial charge in [-0.05, 0) is 13.0 Å². The lowest BCUT2D eigenvalue weighted by atomic mass is 10.0. The highest BCUT2D eigenvalue weighted by Gasteiger charge is 2.34. The highest BCUT2D eigenvalue weighted by atomic mass is 19.3. The van der Waals surface area contributed by atoms with Crippen molar-refractivity contribution in [2.45, 2.75) is 32.3 Å². The van der Waals surface area contributed by atoms with E-state index in [2.05, 4.69) is 11.3 Å². The fraction of sp³-hybridized carbons (Fsp3) is 0.400. The van der Waals surface area contributed by atoms with Crippen molar-refractivity contribution in [3.05, 3.63) is 35.7 Å². The fourth-order valence-corrected chi connectivity index (χ4v) is 1.71. The number of alkyl halides is 2. The SMILES string of the molecule is C=Cc1cc(C(F)(F)CC)c(O[C@@H](C)C(=O)OC)cc1F. The Balaban J connectivity index is 3.32. The molecule has 1 rings (SSSR count). The van der Waals surface area contributed by atoms with Crippen LogP contribution in [0.1, 0.15) is 31.4 Å². The van der Waals surface area contributed by atoms with Gasteiger partial charge in [0, 0.05) is 18.1 Å².